The van der Waals surface area contributed by atoms with Gasteiger partial charge in [0.15, 0.2) is 0 Å². The largest absolute Gasteiger partial charge is 0.384 e. The Labute approximate surface area is 138 Å². The quantitative estimate of drug-likeness (QED) is 0.854. The van der Waals surface area contributed by atoms with Gasteiger partial charge in [0.25, 0.3) is 0 Å². The van der Waals surface area contributed by atoms with Crippen molar-refractivity contribution >= 4 is 26.0 Å². The molecule has 0 aromatic heterocycles. The number of benzene rings is 2. The molecule has 1 aliphatic carbocycles. The van der Waals surface area contributed by atoms with Crippen LogP contribution < -0.4 is 4.72 Å². The van der Waals surface area contributed by atoms with Crippen LogP contribution in [-0.4, -0.2) is 20.1 Å². The van der Waals surface area contributed by atoms with Crippen molar-refractivity contribution in [3.05, 3.63) is 64.1 Å². The highest BCUT2D eigenvalue weighted by atomic mass is 79.9. The van der Waals surface area contributed by atoms with Crippen LogP contribution in [0.3, 0.4) is 0 Å². The average Bonchev–Trinajstić information content (AvgIpc) is 2.84. The predicted molar refractivity (Wildman–Crippen MR) is 88.0 cm³/mol. The molecule has 0 fully saturated rings. The van der Waals surface area contributed by atoms with Gasteiger partial charge in [-0.15, -0.1) is 0 Å². The minimum absolute atomic E-state index is 0.0340. The van der Waals surface area contributed by atoms with Gasteiger partial charge >= 0.3 is 0 Å². The van der Waals surface area contributed by atoms with E-state index in [4.69, 9.17) is 0 Å². The number of nitrogens with one attached hydrogen (secondary N) is 1. The summed E-state index contributed by atoms with van der Waals surface area (Å²) in [6.07, 6.45) is 1.27. The zero-order valence-corrected chi connectivity index (χ0v) is 14.2. The van der Waals surface area contributed by atoms with Crippen molar-refractivity contribution in [2.45, 2.75) is 23.3 Å². The van der Waals surface area contributed by atoms with Crippen LogP contribution in [0.4, 0.5) is 0 Å². The van der Waals surface area contributed by atoms with E-state index in [1.165, 1.54) is 6.07 Å². The van der Waals surface area contributed by atoms with Gasteiger partial charge < -0.3 is 5.11 Å². The molecule has 0 aliphatic heterocycles. The number of halogens is 1. The highest BCUT2D eigenvalue weighted by Crippen LogP contribution is 2.36. The first-order valence-corrected chi connectivity index (χ1v) is 9.25. The Balaban J connectivity index is 1.83. The molecule has 1 aliphatic rings. The molecule has 0 radical (unpaired) electrons. The molecule has 2 N–H and O–H groups in total. The monoisotopic (exact) mass is 381 g/mol. The molecule has 3 rings (SSSR count). The number of hydrogen-bond acceptors (Lipinski definition) is 3. The Kier molecular flexibility index (Phi) is 4.11. The standard InChI is InChI=1S/C16H16BrNO3S/c17-14-7-3-4-8-15(14)22(20,21)18-11-16(19)10-9-12-5-1-2-6-13(12)16/h1-8,18-19H,9-11H2. The van der Waals surface area contributed by atoms with Gasteiger partial charge in [0.2, 0.25) is 10.0 Å². The molecule has 0 heterocycles. The van der Waals surface area contributed by atoms with Crippen molar-refractivity contribution < 1.29 is 13.5 Å². The van der Waals surface area contributed by atoms with Gasteiger partial charge in [0.05, 0.1) is 4.90 Å². The van der Waals surface area contributed by atoms with Gasteiger partial charge in [0, 0.05) is 11.0 Å². The van der Waals surface area contributed by atoms with Crippen LogP contribution in [-0.2, 0) is 22.0 Å². The summed E-state index contributed by atoms with van der Waals surface area (Å²) < 4.78 is 27.9. The molecular formula is C16H16BrNO3S. The summed E-state index contributed by atoms with van der Waals surface area (Å²) in [7, 11) is -3.68. The van der Waals surface area contributed by atoms with E-state index < -0.39 is 15.6 Å². The molecule has 6 heteroatoms. The van der Waals surface area contributed by atoms with Gasteiger partial charge in [-0.3, -0.25) is 0 Å². The Morgan fingerprint density at radius 3 is 2.59 bits per heavy atom. The number of aliphatic hydroxyl groups is 1. The minimum Gasteiger partial charge on any atom is -0.384 e. The second kappa shape index (κ2) is 5.77. The first-order valence-electron chi connectivity index (χ1n) is 6.97. The van der Waals surface area contributed by atoms with Crippen molar-refractivity contribution in [1.82, 2.24) is 4.72 Å². The maximum Gasteiger partial charge on any atom is 0.241 e. The van der Waals surface area contributed by atoms with Crippen LogP contribution in [0, 0.1) is 0 Å². The third-order valence-electron chi connectivity index (χ3n) is 4.01. The summed E-state index contributed by atoms with van der Waals surface area (Å²) in [6.45, 7) is -0.0340. The maximum absolute atomic E-state index is 12.4. The summed E-state index contributed by atoms with van der Waals surface area (Å²) in [5.74, 6) is 0. The van der Waals surface area contributed by atoms with E-state index >= 15 is 0 Å². The maximum atomic E-state index is 12.4. The zero-order chi connectivity index (χ0) is 15.8. The number of fused-ring (bicyclic) bond motifs is 1. The molecule has 0 bridgehead atoms. The highest BCUT2D eigenvalue weighted by Gasteiger charge is 2.37. The third-order valence-corrected chi connectivity index (χ3v) is 6.42. The molecule has 2 aromatic carbocycles. The predicted octanol–water partition coefficient (Wildman–Crippen LogP) is 2.56. The number of aryl methyl sites for hydroxylation is 1. The van der Waals surface area contributed by atoms with Crippen molar-refractivity contribution in [3.8, 4) is 0 Å². The van der Waals surface area contributed by atoms with E-state index in [1.807, 2.05) is 24.3 Å². The van der Waals surface area contributed by atoms with E-state index in [0.717, 1.165) is 17.5 Å². The summed E-state index contributed by atoms with van der Waals surface area (Å²) >= 11 is 3.24. The van der Waals surface area contributed by atoms with Gasteiger partial charge in [-0.2, -0.15) is 0 Å². The molecule has 116 valence electrons. The Bertz CT molecular complexity index is 807. The van der Waals surface area contributed by atoms with Crippen molar-refractivity contribution in [2.75, 3.05) is 6.54 Å². The first kappa shape index (κ1) is 15.7. The van der Waals surface area contributed by atoms with E-state index in [1.54, 1.807) is 18.2 Å². The smallest absolute Gasteiger partial charge is 0.241 e. The SMILES string of the molecule is O=S(=O)(NCC1(O)CCc2ccccc21)c1ccccc1Br. The Morgan fingerprint density at radius 2 is 1.82 bits per heavy atom. The zero-order valence-electron chi connectivity index (χ0n) is 11.8. The molecule has 1 atom stereocenters. The number of rotatable bonds is 4. The number of sulfonamides is 1. The highest BCUT2D eigenvalue weighted by molar-refractivity contribution is 9.10. The van der Waals surface area contributed by atoms with E-state index in [-0.39, 0.29) is 11.4 Å². The Morgan fingerprint density at radius 1 is 1.14 bits per heavy atom. The van der Waals surface area contributed by atoms with E-state index in [0.29, 0.717) is 10.9 Å². The number of hydrogen-bond donors (Lipinski definition) is 2. The lowest BCUT2D eigenvalue weighted by atomic mass is 9.96. The summed E-state index contributed by atoms with van der Waals surface area (Å²) in [6, 6.07) is 14.2. The lowest BCUT2D eigenvalue weighted by Gasteiger charge is -2.24. The van der Waals surface area contributed by atoms with Crippen LogP contribution >= 0.6 is 15.9 Å². The Hall–Kier alpha value is -1.21. The topological polar surface area (TPSA) is 66.4 Å². The summed E-state index contributed by atoms with van der Waals surface area (Å²) in [5, 5.41) is 10.8. The summed E-state index contributed by atoms with van der Waals surface area (Å²) in [5.41, 5.74) is 0.736. The fraction of sp³-hybridized carbons (Fsp3) is 0.250. The molecule has 22 heavy (non-hydrogen) atoms. The fourth-order valence-electron chi connectivity index (χ4n) is 2.81. The first-order chi connectivity index (χ1) is 10.4. The van der Waals surface area contributed by atoms with Gasteiger partial charge in [-0.05, 0) is 52.0 Å². The third kappa shape index (κ3) is 2.84. The lowest BCUT2D eigenvalue weighted by Crippen LogP contribution is -2.39. The molecule has 0 amide bonds. The molecule has 0 saturated heterocycles. The van der Waals surface area contributed by atoms with E-state index in [2.05, 4.69) is 20.7 Å². The van der Waals surface area contributed by atoms with Crippen LogP contribution in [0.15, 0.2) is 57.9 Å². The normalized spacial score (nSPS) is 20.8. The molecule has 0 saturated carbocycles. The van der Waals surface area contributed by atoms with Gasteiger partial charge in [-0.25, -0.2) is 13.1 Å². The average molecular weight is 382 g/mol. The second-order valence-electron chi connectivity index (χ2n) is 5.44. The molecular weight excluding hydrogens is 366 g/mol. The fourth-order valence-corrected chi connectivity index (χ4v) is 4.90. The van der Waals surface area contributed by atoms with Gasteiger partial charge in [0.1, 0.15) is 5.60 Å². The molecule has 2 aromatic rings. The van der Waals surface area contributed by atoms with E-state index in [9.17, 15) is 13.5 Å². The van der Waals surface area contributed by atoms with Crippen LogP contribution in [0.2, 0.25) is 0 Å². The van der Waals surface area contributed by atoms with Crippen LogP contribution in [0.1, 0.15) is 17.5 Å². The molecule has 4 nitrogen and oxygen atoms in total. The molecule has 1 unspecified atom stereocenters. The second-order valence-corrected chi connectivity index (χ2v) is 8.03. The van der Waals surface area contributed by atoms with Crippen LogP contribution in [0.25, 0.3) is 0 Å². The van der Waals surface area contributed by atoms with Crippen molar-refractivity contribution in [1.29, 1.82) is 0 Å². The van der Waals surface area contributed by atoms with Gasteiger partial charge in [-0.1, -0.05) is 36.4 Å². The van der Waals surface area contributed by atoms with Crippen molar-refractivity contribution in [2.24, 2.45) is 0 Å². The summed E-state index contributed by atoms with van der Waals surface area (Å²) in [4.78, 5) is 0.171. The van der Waals surface area contributed by atoms with Crippen molar-refractivity contribution in [3.63, 3.8) is 0 Å². The molecule has 0 spiro atoms. The van der Waals surface area contributed by atoms with Crippen LogP contribution in [0.5, 0.6) is 0 Å². The minimum atomic E-state index is -3.68. The lowest BCUT2D eigenvalue weighted by molar-refractivity contribution is 0.0442.